The minimum atomic E-state index is -3.32. The van der Waals surface area contributed by atoms with Gasteiger partial charge in [-0.15, -0.1) is 11.3 Å². The average molecular weight is 343 g/mol. The predicted octanol–water partition coefficient (Wildman–Crippen LogP) is 2.90. The molecule has 1 aliphatic carbocycles. The Morgan fingerprint density at radius 3 is 2.71 bits per heavy atom. The first-order chi connectivity index (χ1) is 10.0. The van der Waals surface area contributed by atoms with Crippen LogP contribution in [0.15, 0.2) is 17.0 Å². The first-order valence-electron chi connectivity index (χ1n) is 6.83. The van der Waals surface area contributed by atoms with Crippen molar-refractivity contribution in [2.24, 2.45) is 0 Å². The second-order valence-electron chi connectivity index (χ2n) is 5.05. The number of rotatable bonds is 6. The molecule has 0 spiro atoms. The first-order valence-corrected chi connectivity index (χ1v) is 9.96. The third-order valence-corrected chi connectivity index (χ3v) is 7.92. The van der Waals surface area contributed by atoms with Gasteiger partial charge in [0.2, 0.25) is 0 Å². The summed E-state index contributed by atoms with van der Waals surface area (Å²) in [5, 5.41) is 3.47. The van der Waals surface area contributed by atoms with E-state index in [9.17, 15) is 8.42 Å². The molecular weight excluding hydrogens is 326 g/mol. The highest BCUT2D eigenvalue weighted by Gasteiger charge is 2.40. The van der Waals surface area contributed by atoms with Gasteiger partial charge in [0.15, 0.2) is 15.7 Å². The van der Waals surface area contributed by atoms with Crippen LogP contribution in [-0.4, -0.2) is 18.0 Å². The fourth-order valence-electron chi connectivity index (χ4n) is 2.10. The maximum Gasteiger partial charge on any atom is 0.187 e. The Labute approximate surface area is 132 Å². The van der Waals surface area contributed by atoms with E-state index in [0.29, 0.717) is 11.5 Å². The third kappa shape index (κ3) is 2.93. The van der Waals surface area contributed by atoms with E-state index in [2.05, 4.69) is 28.7 Å². The maximum atomic E-state index is 12.4. The molecule has 2 aromatic rings. The number of nitrogens with zero attached hydrogens (tertiary/aromatic N) is 1. The van der Waals surface area contributed by atoms with E-state index in [-0.39, 0.29) is 16.0 Å². The van der Waals surface area contributed by atoms with Gasteiger partial charge in [-0.05, 0) is 42.9 Å². The van der Waals surface area contributed by atoms with E-state index < -0.39 is 9.84 Å². The quantitative estimate of drug-likeness (QED) is 0.842. The largest absolute Gasteiger partial charge is 0.382 e. The third-order valence-electron chi connectivity index (χ3n) is 3.41. The van der Waals surface area contributed by atoms with Crippen molar-refractivity contribution >= 4 is 43.5 Å². The second-order valence-corrected chi connectivity index (χ2v) is 9.24. The lowest BCUT2D eigenvalue weighted by Crippen LogP contribution is -2.11. The van der Waals surface area contributed by atoms with E-state index in [1.165, 1.54) is 9.75 Å². The monoisotopic (exact) mass is 343 g/mol. The number of thiophene rings is 1. The number of anilines is 2. The smallest absolute Gasteiger partial charge is 0.187 e. The highest BCUT2D eigenvalue weighted by atomic mass is 32.2. The van der Waals surface area contributed by atoms with Crippen molar-refractivity contribution < 1.29 is 8.42 Å². The number of nitrogens with one attached hydrogen (secondary N) is 1. The lowest BCUT2D eigenvalue weighted by atomic mass is 10.3. The van der Waals surface area contributed by atoms with Crippen LogP contribution < -0.4 is 11.1 Å². The molecule has 3 N–H and O–H groups in total. The molecule has 0 atom stereocenters. The zero-order chi connectivity index (χ0) is 15.0. The summed E-state index contributed by atoms with van der Waals surface area (Å²) in [7, 11) is -3.32. The zero-order valence-corrected chi connectivity index (χ0v) is 14.1. The Kier molecular flexibility index (Phi) is 3.94. The summed E-state index contributed by atoms with van der Waals surface area (Å²) in [6.45, 7) is 2.72. The zero-order valence-electron chi connectivity index (χ0n) is 11.6. The summed E-state index contributed by atoms with van der Waals surface area (Å²) >= 11 is 2.85. The highest BCUT2D eigenvalue weighted by molar-refractivity contribution is 7.92. The van der Waals surface area contributed by atoms with Crippen LogP contribution >= 0.6 is 22.9 Å². The predicted molar refractivity (Wildman–Crippen MR) is 87.8 cm³/mol. The van der Waals surface area contributed by atoms with Gasteiger partial charge in [-0.25, -0.2) is 8.42 Å². The van der Waals surface area contributed by atoms with Crippen molar-refractivity contribution in [1.29, 1.82) is 0 Å². The van der Waals surface area contributed by atoms with E-state index in [4.69, 9.17) is 5.73 Å². The summed E-state index contributed by atoms with van der Waals surface area (Å²) in [6, 6.07) is 4.17. The molecule has 2 aromatic heterocycles. The van der Waals surface area contributed by atoms with E-state index >= 15 is 0 Å². The van der Waals surface area contributed by atoms with Crippen LogP contribution in [0.2, 0.25) is 0 Å². The van der Waals surface area contributed by atoms with Crippen LogP contribution in [0.1, 0.15) is 29.5 Å². The number of nitrogens with two attached hydrogens (primary N) is 1. The Bertz CT molecular complexity index is 745. The second kappa shape index (κ2) is 5.58. The molecule has 114 valence electrons. The fraction of sp³-hybridized carbons (Fsp3) is 0.462. The highest BCUT2D eigenvalue weighted by Crippen LogP contribution is 2.41. The average Bonchev–Trinajstić information content (AvgIpc) is 3.11. The molecule has 0 aromatic carbocycles. The van der Waals surface area contributed by atoms with Gasteiger partial charge >= 0.3 is 0 Å². The van der Waals surface area contributed by atoms with Crippen molar-refractivity contribution in [1.82, 2.24) is 4.37 Å². The first kappa shape index (κ1) is 14.8. The number of aryl methyl sites for hydroxylation is 1. The number of aromatic nitrogens is 1. The number of hydrogen-bond acceptors (Lipinski definition) is 7. The molecule has 1 aliphatic rings. The van der Waals surface area contributed by atoms with Crippen molar-refractivity contribution in [3.05, 3.63) is 21.9 Å². The van der Waals surface area contributed by atoms with Crippen molar-refractivity contribution in [3.8, 4) is 0 Å². The SMILES string of the molecule is CCc1ccc(CNc2snc(N)c2S(=O)(=O)C2CC2)s1. The van der Waals surface area contributed by atoms with Gasteiger partial charge in [0.1, 0.15) is 9.90 Å². The molecule has 1 fully saturated rings. The van der Waals surface area contributed by atoms with E-state index in [1.54, 1.807) is 11.3 Å². The molecule has 8 heteroatoms. The van der Waals surface area contributed by atoms with Gasteiger partial charge in [0, 0.05) is 9.75 Å². The minimum absolute atomic E-state index is 0.120. The minimum Gasteiger partial charge on any atom is -0.382 e. The van der Waals surface area contributed by atoms with Crippen LogP contribution in [-0.2, 0) is 22.8 Å². The molecule has 5 nitrogen and oxygen atoms in total. The van der Waals surface area contributed by atoms with Gasteiger partial charge in [0.25, 0.3) is 0 Å². The Morgan fingerprint density at radius 2 is 2.10 bits per heavy atom. The molecule has 0 amide bonds. The van der Waals surface area contributed by atoms with Gasteiger partial charge < -0.3 is 11.1 Å². The lowest BCUT2D eigenvalue weighted by Gasteiger charge is -2.06. The molecular formula is C13H17N3O2S3. The molecule has 0 unspecified atom stereocenters. The Hall–Kier alpha value is -1.12. The maximum absolute atomic E-state index is 12.4. The van der Waals surface area contributed by atoms with Crippen molar-refractivity contribution in [3.63, 3.8) is 0 Å². The van der Waals surface area contributed by atoms with Gasteiger partial charge in [-0.3, -0.25) is 0 Å². The van der Waals surface area contributed by atoms with Crippen LogP contribution in [0.4, 0.5) is 10.8 Å². The number of hydrogen-bond donors (Lipinski definition) is 2. The molecule has 0 aliphatic heterocycles. The Balaban J connectivity index is 1.80. The van der Waals surface area contributed by atoms with Crippen LogP contribution in [0.5, 0.6) is 0 Å². The normalized spacial score (nSPS) is 15.3. The molecule has 3 rings (SSSR count). The lowest BCUT2D eigenvalue weighted by molar-refractivity contribution is 0.595. The van der Waals surface area contributed by atoms with Crippen molar-refractivity contribution in [2.45, 2.75) is 42.9 Å². The standard InChI is InChI=1S/C13H17N3O2S3/c1-2-8-3-4-9(19-8)7-15-13-11(12(14)16-20-13)21(17,18)10-5-6-10/h3-4,10,15H,2,5-7H2,1H3,(H2,14,16). The van der Waals surface area contributed by atoms with Crippen molar-refractivity contribution in [2.75, 3.05) is 11.1 Å². The molecule has 0 saturated heterocycles. The van der Waals surface area contributed by atoms with Crippen LogP contribution in [0, 0.1) is 0 Å². The topological polar surface area (TPSA) is 85.1 Å². The van der Waals surface area contributed by atoms with Crippen LogP contribution in [0.3, 0.4) is 0 Å². The van der Waals surface area contributed by atoms with Gasteiger partial charge in [-0.1, -0.05) is 6.92 Å². The summed E-state index contributed by atoms with van der Waals surface area (Å²) < 4.78 is 28.8. The molecule has 21 heavy (non-hydrogen) atoms. The van der Waals surface area contributed by atoms with E-state index in [0.717, 1.165) is 30.8 Å². The Morgan fingerprint density at radius 1 is 1.38 bits per heavy atom. The van der Waals surface area contributed by atoms with Gasteiger partial charge in [-0.2, -0.15) is 4.37 Å². The van der Waals surface area contributed by atoms with Gasteiger partial charge in [0.05, 0.1) is 11.8 Å². The summed E-state index contributed by atoms with van der Waals surface area (Å²) in [6.07, 6.45) is 2.46. The molecule has 0 bridgehead atoms. The fourth-order valence-corrected chi connectivity index (χ4v) is 5.88. The summed E-state index contributed by atoms with van der Waals surface area (Å²) in [5.74, 6) is 0.120. The summed E-state index contributed by atoms with van der Waals surface area (Å²) in [5.41, 5.74) is 5.77. The summed E-state index contributed by atoms with van der Waals surface area (Å²) in [4.78, 5) is 2.69. The van der Waals surface area contributed by atoms with Crippen LogP contribution in [0.25, 0.3) is 0 Å². The number of nitrogen functional groups attached to an aromatic ring is 1. The number of sulfone groups is 1. The molecule has 2 heterocycles. The molecule has 0 radical (unpaired) electrons. The van der Waals surface area contributed by atoms with E-state index in [1.807, 2.05) is 0 Å². The molecule has 1 saturated carbocycles.